The zero-order valence-corrected chi connectivity index (χ0v) is 13.0. The van der Waals surface area contributed by atoms with Crippen LogP contribution in [-0.2, 0) is 16.4 Å². The van der Waals surface area contributed by atoms with Gasteiger partial charge in [-0.2, -0.15) is 4.98 Å². The number of nitrogens with zero attached hydrogens (tertiary/aromatic N) is 3. The minimum absolute atomic E-state index is 0.249. The molecule has 0 saturated carbocycles. The van der Waals surface area contributed by atoms with E-state index in [1.807, 2.05) is 0 Å². The third-order valence-corrected chi connectivity index (χ3v) is 4.75. The highest BCUT2D eigenvalue weighted by Crippen LogP contribution is 2.22. The third-order valence-electron chi connectivity index (χ3n) is 2.88. The van der Waals surface area contributed by atoms with E-state index in [0.29, 0.717) is 30.4 Å². The number of rotatable bonds is 6. The summed E-state index contributed by atoms with van der Waals surface area (Å²) in [5.74, 6) is 1.11. The van der Waals surface area contributed by atoms with Gasteiger partial charge in [0, 0.05) is 34.0 Å². The zero-order chi connectivity index (χ0) is 15.5. The van der Waals surface area contributed by atoms with Gasteiger partial charge in [0.25, 0.3) is 0 Å². The molecule has 7 nitrogen and oxygen atoms in total. The quantitative estimate of drug-likeness (QED) is 0.864. The molecule has 1 aromatic heterocycles. The molecule has 1 heterocycles. The number of aryl methyl sites for hydroxylation is 1. The summed E-state index contributed by atoms with van der Waals surface area (Å²) in [6, 6.07) is 6.80. The van der Waals surface area contributed by atoms with Crippen LogP contribution in [0.25, 0.3) is 0 Å². The maximum Gasteiger partial charge on any atom is 0.244 e. The Labute approximate surface area is 124 Å². The Morgan fingerprint density at radius 1 is 1.29 bits per heavy atom. The van der Waals surface area contributed by atoms with Gasteiger partial charge >= 0.3 is 0 Å². The van der Waals surface area contributed by atoms with Crippen molar-refractivity contribution >= 4 is 15.7 Å². The van der Waals surface area contributed by atoms with Crippen molar-refractivity contribution in [3.05, 3.63) is 36.0 Å². The maximum absolute atomic E-state index is 12.2. The predicted octanol–water partition coefficient (Wildman–Crippen LogP) is 1.28. The molecule has 0 radical (unpaired) electrons. The van der Waals surface area contributed by atoms with Gasteiger partial charge in [-0.3, -0.25) is 0 Å². The Kier molecular flexibility index (Phi) is 4.59. The highest BCUT2D eigenvalue weighted by atomic mass is 32.2. The second-order valence-electron chi connectivity index (χ2n) is 4.69. The fourth-order valence-electron chi connectivity index (χ4n) is 1.79. The summed E-state index contributed by atoms with van der Waals surface area (Å²) in [5.41, 5.74) is 0.561. The van der Waals surface area contributed by atoms with Gasteiger partial charge in [-0.05, 0) is 12.1 Å². The molecule has 0 atom stereocenters. The SMILES string of the molecule is Cc1nc(CCNc2ccccc2S(=O)(=O)N(C)C)no1. The van der Waals surface area contributed by atoms with Crippen LogP contribution in [0.3, 0.4) is 0 Å². The average Bonchev–Trinajstić information content (AvgIpc) is 2.85. The van der Waals surface area contributed by atoms with E-state index in [2.05, 4.69) is 15.5 Å². The van der Waals surface area contributed by atoms with Crippen LogP contribution in [0, 0.1) is 6.92 Å². The van der Waals surface area contributed by atoms with E-state index >= 15 is 0 Å². The monoisotopic (exact) mass is 310 g/mol. The first-order valence-electron chi connectivity index (χ1n) is 6.46. The van der Waals surface area contributed by atoms with Crippen LogP contribution >= 0.6 is 0 Å². The van der Waals surface area contributed by atoms with E-state index in [-0.39, 0.29) is 4.90 Å². The van der Waals surface area contributed by atoms with Gasteiger partial charge in [-0.1, -0.05) is 17.3 Å². The predicted molar refractivity (Wildman–Crippen MR) is 78.5 cm³/mol. The average molecular weight is 310 g/mol. The lowest BCUT2D eigenvalue weighted by atomic mass is 10.3. The first-order valence-corrected chi connectivity index (χ1v) is 7.90. The van der Waals surface area contributed by atoms with Crippen LogP contribution in [0.2, 0.25) is 0 Å². The largest absolute Gasteiger partial charge is 0.383 e. The highest BCUT2D eigenvalue weighted by molar-refractivity contribution is 7.89. The zero-order valence-electron chi connectivity index (χ0n) is 12.2. The molecule has 1 aromatic carbocycles. The lowest BCUT2D eigenvalue weighted by molar-refractivity contribution is 0.387. The second kappa shape index (κ2) is 6.23. The molecule has 21 heavy (non-hydrogen) atoms. The molecule has 0 bridgehead atoms. The van der Waals surface area contributed by atoms with Crippen molar-refractivity contribution in [2.45, 2.75) is 18.2 Å². The minimum Gasteiger partial charge on any atom is -0.383 e. The fraction of sp³-hybridized carbons (Fsp3) is 0.385. The van der Waals surface area contributed by atoms with E-state index < -0.39 is 10.0 Å². The smallest absolute Gasteiger partial charge is 0.244 e. The Hall–Kier alpha value is -1.93. The Balaban J connectivity index is 2.10. The van der Waals surface area contributed by atoms with Gasteiger partial charge in [-0.25, -0.2) is 12.7 Å². The molecule has 0 fully saturated rings. The normalized spacial score (nSPS) is 11.8. The van der Waals surface area contributed by atoms with Gasteiger partial charge < -0.3 is 9.84 Å². The number of anilines is 1. The molecule has 8 heteroatoms. The van der Waals surface area contributed by atoms with Crippen LogP contribution in [0.15, 0.2) is 33.7 Å². The molecular weight excluding hydrogens is 292 g/mol. The molecule has 0 aliphatic carbocycles. The van der Waals surface area contributed by atoms with Crippen molar-refractivity contribution in [3.8, 4) is 0 Å². The van der Waals surface area contributed by atoms with E-state index in [9.17, 15) is 8.42 Å². The number of para-hydroxylation sites is 1. The standard InChI is InChI=1S/C13H18N4O3S/c1-10-15-13(16-20-10)8-9-14-11-6-4-5-7-12(11)21(18,19)17(2)3/h4-7,14H,8-9H2,1-3H3. The van der Waals surface area contributed by atoms with Crippen LogP contribution in [-0.4, -0.2) is 43.5 Å². The molecule has 2 rings (SSSR count). The first-order chi connectivity index (χ1) is 9.91. The number of hydrogen-bond donors (Lipinski definition) is 1. The number of aromatic nitrogens is 2. The maximum atomic E-state index is 12.2. The van der Waals surface area contributed by atoms with Gasteiger partial charge in [-0.15, -0.1) is 0 Å². The summed E-state index contributed by atoms with van der Waals surface area (Å²) >= 11 is 0. The topological polar surface area (TPSA) is 88.3 Å². The highest BCUT2D eigenvalue weighted by Gasteiger charge is 2.20. The number of benzene rings is 1. The fourth-order valence-corrected chi connectivity index (χ4v) is 2.85. The van der Waals surface area contributed by atoms with Crippen molar-refractivity contribution in [1.29, 1.82) is 0 Å². The van der Waals surface area contributed by atoms with Crippen molar-refractivity contribution in [2.75, 3.05) is 26.0 Å². The Morgan fingerprint density at radius 2 is 2.00 bits per heavy atom. The minimum atomic E-state index is -3.48. The molecule has 0 spiro atoms. The first kappa shape index (κ1) is 15.5. The van der Waals surface area contributed by atoms with Gasteiger partial charge in [0.15, 0.2) is 5.82 Å². The van der Waals surface area contributed by atoms with Gasteiger partial charge in [0.1, 0.15) is 4.90 Å². The molecule has 0 unspecified atom stereocenters. The Morgan fingerprint density at radius 3 is 2.62 bits per heavy atom. The molecule has 1 N–H and O–H groups in total. The van der Waals surface area contributed by atoms with Crippen molar-refractivity contribution in [2.24, 2.45) is 0 Å². The van der Waals surface area contributed by atoms with Gasteiger partial charge in [0.05, 0.1) is 5.69 Å². The van der Waals surface area contributed by atoms with E-state index in [1.54, 1.807) is 31.2 Å². The summed E-state index contributed by atoms with van der Waals surface area (Å²) in [7, 11) is -0.461. The van der Waals surface area contributed by atoms with Crippen LogP contribution in [0.1, 0.15) is 11.7 Å². The third kappa shape index (κ3) is 3.59. The van der Waals surface area contributed by atoms with Crippen LogP contribution < -0.4 is 5.32 Å². The second-order valence-corrected chi connectivity index (χ2v) is 6.81. The van der Waals surface area contributed by atoms with Crippen molar-refractivity contribution < 1.29 is 12.9 Å². The number of nitrogens with one attached hydrogen (secondary N) is 1. The molecule has 2 aromatic rings. The Bertz CT molecular complexity index is 710. The molecule has 0 aliphatic rings. The number of hydrogen-bond acceptors (Lipinski definition) is 6. The van der Waals surface area contributed by atoms with Crippen molar-refractivity contribution in [1.82, 2.24) is 14.4 Å². The molecule has 0 aliphatic heterocycles. The summed E-state index contributed by atoms with van der Waals surface area (Å²) in [6.07, 6.45) is 0.549. The molecule has 0 amide bonds. The van der Waals surface area contributed by atoms with Gasteiger partial charge in [0.2, 0.25) is 15.9 Å². The molecule has 114 valence electrons. The molecule has 0 saturated heterocycles. The van der Waals surface area contributed by atoms with Crippen LogP contribution in [0.4, 0.5) is 5.69 Å². The van der Waals surface area contributed by atoms with Crippen molar-refractivity contribution in [3.63, 3.8) is 0 Å². The summed E-state index contributed by atoms with van der Waals surface area (Å²) in [5, 5.41) is 6.90. The van der Waals surface area contributed by atoms with Crippen LogP contribution in [0.5, 0.6) is 0 Å². The summed E-state index contributed by atoms with van der Waals surface area (Å²) in [6.45, 7) is 2.24. The lowest BCUT2D eigenvalue weighted by Gasteiger charge is -2.15. The summed E-state index contributed by atoms with van der Waals surface area (Å²) < 4.78 is 30.5. The lowest BCUT2D eigenvalue weighted by Crippen LogP contribution is -2.23. The summed E-state index contributed by atoms with van der Waals surface area (Å²) in [4.78, 5) is 4.35. The number of sulfonamides is 1. The molecular formula is C13H18N4O3S. The van der Waals surface area contributed by atoms with E-state index in [4.69, 9.17) is 4.52 Å². The van der Waals surface area contributed by atoms with E-state index in [0.717, 1.165) is 0 Å². The van der Waals surface area contributed by atoms with E-state index in [1.165, 1.54) is 18.4 Å².